The average molecular weight is 581 g/mol. The van der Waals surface area contributed by atoms with Crippen molar-refractivity contribution in [2.75, 3.05) is 44.7 Å². The Morgan fingerprint density at radius 3 is 2.38 bits per heavy atom. The van der Waals surface area contributed by atoms with E-state index in [2.05, 4.69) is 58.0 Å². The van der Waals surface area contributed by atoms with Gasteiger partial charge in [0.2, 0.25) is 0 Å². The summed E-state index contributed by atoms with van der Waals surface area (Å²) in [6.07, 6.45) is 1.92. The molecule has 0 amide bonds. The van der Waals surface area contributed by atoms with E-state index in [-0.39, 0.29) is 10.5 Å². The SMILES string of the molecule is CN1CCN(c2ccc3cc(-c4ccc(C=C(C#N)S(=O)(=O)NC(C)(C)CCOC(C)(C)C)s4)ccc3c2)CC1. The number of anilines is 1. The number of allylic oxidation sites excluding steroid dienone is 1. The van der Waals surface area contributed by atoms with Crippen molar-refractivity contribution in [3.63, 3.8) is 0 Å². The van der Waals surface area contributed by atoms with Crippen molar-refractivity contribution in [3.8, 4) is 16.5 Å². The Bertz CT molecular complexity index is 1520. The molecular formula is C31H40N4O3S2. The number of nitrogens with zero attached hydrogens (tertiary/aromatic N) is 3. The minimum Gasteiger partial charge on any atom is -0.376 e. The first kappa shape index (κ1) is 30.2. The van der Waals surface area contributed by atoms with E-state index in [9.17, 15) is 13.7 Å². The maximum absolute atomic E-state index is 13.1. The average Bonchev–Trinajstić information content (AvgIpc) is 3.34. The molecule has 1 fully saturated rings. The molecule has 214 valence electrons. The van der Waals surface area contributed by atoms with Gasteiger partial charge in [-0.3, -0.25) is 0 Å². The molecule has 0 atom stereocenters. The molecule has 2 aromatic carbocycles. The van der Waals surface area contributed by atoms with Gasteiger partial charge in [0.15, 0.2) is 4.91 Å². The van der Waals surface area contributed by atoms with Crippen molar-refractivity contribution in [2.24, 2.45) is 0 Å². The second kappa shape index (κ2) is 12.0. The van der Waals surface area contributed by atoms with E-state index in [4.69, 9.17) is 4.74 Å². The van der Waals surface area contributed by atoms with Gasteiger partial charge in [-0.2, -0.15) is 5.26 Å². The lowest BCUT2D eigenvalue weighted by Gasteiger charge is -2.34. The van der Waals surface area contributed by atoms with Crippen LogP contribution in [0, 0.1) is 11.3 Å². The van der Waals surface area contributed by atoms with Crippen LogP contribution in [0.2, 0.25) is 0 Å². The van der Waals surface area contributed by atoms with Gasteiger partial charge in [0.1, 0.15) is 6.07 Å². The Kier molecular flexibility index (Phi) is 9.08. The lowest BCUT2D eigenvalue weighted by Crippen LogP contribution is -2.44. The van der Waals surface area contributed by atoms with E-state index in [0.29, 0.717) is 17.9 Å². The number of nitrogens with one attached hydrogen (secondary N) is 1. The molecule has 0 saturated carbocycles. The Balaban J connectivity index is 1.48. The second-order valence-electron chi connectivity index (χ2n) is 12.1. The first-order chi connectivity index (χ1) is 18.7. The van der Waals surface area contributed by atoms with Crippen LogP contribution in [-0.2, 0) is 14.8 Å². The molecule has 1 aliphatic rings. The van der Waals surface area contributed by atoms with E-state index in [1.165, 1.54) is 28.5 Å². The summed E-state index contributed by atoms with van der Waals surface area (Å²) in [5.74, 6) is 0. The monoisotopic (exact) mass is 580 g/mol. The molecule has 0 bridgehead atoms. The fraction of sp³-hybridized carbons (Fsp3) is 0.452. The van der Waals surface area contributed by atoms with Crippen molar-refractivity contribution >= 4 is 43.9 Å². The van der Waals surface area contributed by atoms with Crippen molar-refractivity contribution in [2.45, 2.75) is 52.2 Å². The molecule has 0 radical (unpaired) electrons. The van der Waals surface area contributed by atoms with Gasteiger partial charge in [-0.25, -0.2) is 13.1 Å². The van der Waals surface area contributed by atoms with Gasteiger partial charge >= 0.3 is 0 Å². The smallest absolute Gasteiger partial charge is 0.251 e. The molecule has 2 heterocycles. The number of thiophene rings is 1. The third-order valence-corrected chi connectivity index (χ3v) is 9.64. The number of benzene rings is 2. The normalized spacial score (nSPS) is 15.9. The van der Waals surface area contributed by atoms with Gasteiger partial charge in [0, 0.05) is 53.8 Å². The third-order valence-electron chi connectivity index (χ3n) is 6.95. The van der Waals surface area contributed by atoms with Gasteiger partial charge in [-0.15, -0.1) is 11.3 Å². The topological polar surface area (TPSA) is 85.7 Å². The van der Waals surface area contributed by atoms with Gasteiger partial charge < -0.3 is 14.5 Å². The quantitative estimate of drug-likeness (QED) is 0.309. The van der Waals surface area contributed by atoms with Crippen molar-refractivity contribution in [1.82, 2.24) is 9.62 Å². The fourth-order valence-corrected chi connectivity index (χ4v) is 6.98. The maximum atomic E-state index is 13.1. The molecule has 3 aromatic rings. The summed E-state index contributed by atoms with van der Waals surface area (Å²) in [6.45, 7) is 14.1. The molecule has 1 saturated heterocycles. The Hall–Kier alpha value is -2.74. The summed E-state index contributed by atoms with van der Waals surface area (Å²) in [7, 11) is -1.84. The number of ether oxygens (including phenoxy) is 1. The number of fused-ring (bicyclic) bond motifs is 1. The summed E-state index contributed by atoms with van der Waals surface area (Å²) in [4.78, 5) is 6.20. The molecular weight excluding hydrogens is 541 g/mol. The molecule has 9 heteroatoms. The number of rotatable bonds is 9. The number of hydrogen-bond acceptors (Lipinski definition) is 7. The maximum Gasteiger partial charge on any atom is 0.251 e. The summed E-state index contributed by atoms with van der Waals surface area (Å²) in [6, 6.07) is 18.7. The van der Waals surface area contributed by atoms with E-state index in [0.717, 1.165) is 42.0 Å². The van der Waals surface area contributed by atoms with Crippen molar-refractivity contribution in [1.29, 1.82) is 5.26 Å². The highest BCUT2D eigenvalue weighted by Gasteiger charge is 2.28. The van der Waals surface area contributed by atoms with Crippen LogP contribution >= 0.6 is 11.3 Å². The summed E-state index contributed by atoms with van der Waals surface area (Å²) in [5.41, 5.74) is 1.24. The van der Waals surface area contributed by atoms with Crippen LogP contribution < -0.4 is 9.62 Å². The van der Waals surface area contributed by atoms with Crippen LogP contribution in [0.3, 0.4) is 0 Å². The standard InChI is InChI=1S/C31H40N4O3S2/c1-30(2,3)38-18-13-31(4,5)33-40(36,37)28(22-32)21-27-11-12-29(39-27)25-8-7-24-20-26(10-9-23(24)19-25)35-16-14-34(6)15-17-35/h7-12,19-21,33H,13-18H2,1-6H3. The summed E-state index contributed by atoms with van der Waals surface area (Å²) >= 11 is 1.46. The van der Waals surface area contributed by atoms with Crippen molar-refractivity contribution < 1.29 is 13.2 Å². The molecule has 0 aliphatic carbocycles. The van der Waals surface area contributed by atoms with Crippen LogP contribution in [0.15, 0.2) is 53.4 Å². The Morgan fingerprint density at radius 2 is 1.70 bits per heavy atom. The predicted octanol–water partition coefficient (Wildman–Crippen LogP) is 6.09. The minimum atomic E-state index is -4.00. The molecule has 40 heavy (non-hydrogen) atoms. The number of likely N-dealkylation sites (N-methyl/N-ethyl adjacent to an activating group) is 1. The van der Waals surface area contributed by atoms with Crippen LogP contribution in [-0.4, -0.2) is 64.3 Å². The number of sulfonamides is 1. The first-order valence-electron chi connectivity index (χ1n) is 13.6. The van der Waals surface area contributed by atoms with Gasteiger partial charge in [0.25, 0.3) is 10.0 Å². The zero-order chi connectivity index (χ0) is 29.1. The zero-order valence-corrected chi connectivity index (χ0v) is 26.0. The van der Waals surface area contributed by atoms with E-state index in [1.54, 1.807) is 13.8 Å². The number of hydrogen-bond donors (Lipinski definition) is 1. The molecule has 7 nitrogen and oxygen atoms in total. The number of nitriles is 1. The highest BCUT2D eigenvalue weighted by atomic mass is 32.2. The van der Waals surface area contributed by atoms with Crippen LogP contribution in [0.5, 0.6) is 0 Å². The fourth-order valence-electron chi connectivity index (χ4n) is 4.61. The van der Waals surface area contributed by atoms with Crippen LogP contribution in [0.25, 0.3) is 27.3 Å². The van der Waals surface area contributed by atoms with E-state index >= 15 is 0 Å². The lowest BCUT2D eigenvalue weighted by molar-refractivity contribution is -0.0102. The van der Waals surface area contributed by atoms with Gasteiger partial charge in [0.05, 0.1) is 5.60 Å². The highest BCUT2D eigenvalue weighted by molar-refractivity contribution is 7.93. The number of piperazine rings is 1. The molecule has 1 aromatic heterocycles. The largest absolute Gasteiger partial charge is 0.376 e. The molecule has 1 N–H and O–H groups in total. The van der Waals surface area contributed by atoms with Crippen LogP contribution in [0.4, 0.5) is 5.69 Å². The predicted molar refractivity (Wildman–Crippen MR) is 167 cm³/mol. The first-order valence-corrected chi connectivity index (χ1v) is 15.9. The summed E-state index contributed by atoms with van der Waals surface area (Å²) in [5, 5.41) is 12.1. The highest BCUT2D eigenvalue weighted by Crippen LogP contribution is 2.33. The van der Waals surface area contributed by atoms with Gasteiger partial charge in [-0.1, -0.05) is 18.2 Å². The molecule has 1 aliphatic heterocycles. The molecule has 0 spiro atoms. The minimum absolute atomic E-state index is 0.303. The zero-order valence-electron chi connectivity index (χ0n) is 24.3. The van der Waals surface area contributed by atoms with Gasteiger partial charge in [-0.05, 0) is 101 Å². The lowest BCUT2D eigenvalue weighted by atomic mass is 10.0. The second-order valence-corrected chi connectivity index (χ2v) is 14.8. The summed E-state index contributed by atoms with van der Waals surface area (Å²) < 4.78 is 34.6. The molecule has 4 rings (SSSR count). The Labute approximate surface area is 243 Å². The third kappa shape index (κ3) is 7.93. The van der Waals surface area contributed by atoms with Crippen LogP contribution in [0.1, 0.15) is 45.9 Å². The molecule has 0 unspecified atom stereocenters. The van der Waals surface area contributed by atoms with Crippen molar-refractivity contribution in [3.05, 3.63) is 58.3 Å². The van der Waals surface area contributed by atoms with E-state index < -0.39 is 15.6 Å². The van der Waals surface area contributed by atoms with E-state index in [1.807, 2.05) is 39.0 Å². The Morgan fingerprint density at radius 1 is 1.02 bits per heavy atom.